The van der Waals surface area contributed by atoms with Crippen LogP contribution in [-0.2, 0) is 45.6 Å². The number of carbonyl (C=O) groups is 1. The van der Waals surface area contributed by atoms with Crippen molar-refractivity contribution in [3.63, 3.8) is 0 Å². The third-order valence-electron chi connectivity index (χ3n) is 6.40. The first-order valence-corrected chi connectivity index (χ1v) is 11.5. The highest BCUT2D eigenvalue weighted by atomic mass is 32.1. The number of ether oxygens (including phenoxy) is 2. The number of nitrogens with one attached hydrogen (secondary N) is 2. The van der Waals surface area contributed by atoms with Crippen LogP contribution in [0.4, 0.5) is 5.69 Å². The van der Waals surface area contributed by atoms with Gasteiger partial charge in [-0.1, -0.05) is 36.4 Å². The number of aryl methyl sites for hydroxylation is 2. The van der Waals surface area contributed by atoms with Gasteiger partial charge in [-0.15, -0.1) is 0 Å². The predicted octanol–water partition coefficient (Wildman–Crippen LogP) is 4.06. The van der Waals surface area contributed by atoms with Gasteiger partial charge in [0.05, 0.1) is 13.2 Å². The maximum atomic E-state index is 12.9. The maximum absolute atomic E-state index is 12.9. The van der Waals surface area contributed by atoms with Crippen molar-refractivity contribution in [2.24, 2.45) is 0 Å². The van der Waals surface area contributed by atoms with Gasteiger partial charge in [-0.25, -0.2) is 4.79 Å². The molecule has 0 saturated heterocycles. The summed E-state index contributed by atoms with van der Waals surface area (Å²) < 4.78 is 11.1. The van der Waals surface area contributed by atoms with E-state index in [0.29, 0.717) is 5.11 Å². The van der Waals surface area contributed by atoms with E-state index >= 15 is 0 Å². The molecule has 0 bridgehead atoms. The lowest BCUT2D eigenvalue weighted by Crippen LogP contribution is -2.49. The van der Waals surface area contributed by atoms with Crippen LogP contribution in [0.25, 0.3) is 0 Å². The number of benzene rings is 2. The Morgan fingerprint density at radius 3 is 2.29 bits per heavy atom. The van der Waals surface area contributed by atoms with E-state index in [2.05, 4.69) is 16.7 Å². The number of esters is 1. The summed E-state index contributed by atoms with van der Waals surface area (Å²) in [5.41, 5.74) is 6.34. The summed E-state index contributed by atoms with van der Waals surface area (Å²) >= 11 is 5.67. The van der Waals surface area contributed by atoms with Crippen molar-refractivity contribution >= 4 is 29.0 Å². The Morgan fingerprint density at radius 2 is 1.71 bits per heavy atom. The van der Waals surface area contributed by atoms with E-state index in [4.69, 9.17) is 21.7 Å². The summed E-state index contributed by atoms with van der Waals surface area (Å²) in [6.07, 6.45) is 6.83. The number of anilines is 1. The fourth-order valence-electron chi connectivity index (χ4n) is 4.85. The largest absolute Gasteiger partial charge is 0.464 e. The summed E-state index contributed by atoms with van der Waals surface area (Å²) in [5, 5.41) is 7.21. The molecule has 1 atom stereocenters. The first-order valence-electron chi connectivity index (χ1n) is 11.1. The Hall–Kier alpha value is -2.44. The molecule has 0 fully saturated rings. The van der Waals surface area contributed by atoms with Crippen LogP contribution in [0.2, 0.25) is 0 Å². The first kappa shape index (κ1) is 21.8. The molecule has 6 heteroatoms. The lowest BCUT2D eigenvalue weighted by molar-refractivity contribution is -0.169. The van der Waals surface area contributed by atoms with E-state index < -0.39 is 11.6 Å². The highest BCUT2D eigenvalue weighted by Crippen LogP contribution is 2.38. The number of thiocarbonyl (C=S) groups is 1. The monoisotopic (exact) mass is 438 g/mol. The Bertz CT molecular complexity index is 944. The minimum Gasteiger partial charge on any atom is -0.464 e. The second-order valence-electron chi connectivity index (χ2n) is 8.16. The van der Waals surface area contributed by atoms with Crippen LogP contribution in [0.3, 0.4) is 0 Å². The first-order chi connectivity index (χ1) is 15.1. The summed E-state index contributed by atoms with van der Waals surface area (Å²) in [5.74, 6) is -0.430. The molecule has 0 aliphatic heterocycles. The second kappa shape index (κ2) is 9.37. The van der Waals surface area contributed by atoms with Gasteiger partial charge in [0.25, 0.3) is 0 Å². The van der Waals surface area contributed by atoms with Crippen LogP contribution in [0.15, 0.2) is 36.4 Å². The van der Waals surface area contributed by atoms with E-state index in [1.165, 1.54) is 47.9 Å². The van der Waals surface area contributed by atoms with Crippen molar-refractivity contribution in [3.8, 4) is 0 Å². The topological polar surface area (TPSA) is 59.6 Å². The molecular weight excluding hydrogens is 408 g/mol. The molecule has 0 spiro atoms. The lowest BCUT2D eigenvalue weighted by Gasteiger charge is -2.31. The van der Waals surface area contributed by atoms with Gasteiger partial charge in [-0.05, 0) is 85.5 Å². The highest BCUT2D eigenvalue weighted by molar-refractivity contribution is 7.80. The molecule has 2 aromatic carbocycles. The molecule has 5 nitrogen and oxygen atoms in total. The van der Waals surface area contributed by atoms with E-state index in [-0.39, 0.29) is 13.2 Å². The molecule has 164 valence electrons. The standard InChI is InChI=1S/C25H30N2O3S/c1-3-30-23(28)25(29-2,19-11-5-4-6-12-19)16-26-24(31)27-22-20-13-7-9-17(20)15-18-10-8-14-21(18)22/h4-6,11-12,15H,3,7-10,13-14,16H2,1-2H3,(H2,26,27,31). The number of hydrogen-bond acceptors (Lipinski definition) is 4. The molecule has 0 heterocycles. The van der Waals surface area contributed by atoms with Crippen molar-refractivity contribution in [3.05, 3.63) is 64.2 Å². The second-order valence-corrected chi connectivity index (χ2v) is 8.57. The Labute approximate surface area is 189 Å². The minimum absolute atomic E-state index is 0.176. The number of fused-ring (bicyclic) bond motifs is 2. The molecule has 2 aromatic rings. The van der Waals surface area contributed by atoms with Crippen molar-refractivity contribution in [1.82, 2.24) is 5.32 Å². The zero-order valence-corrected chi connectivity index (χ0v) is 19.1. The van der Waals surface area contributed by atoms with Gasteiger partial charge >= 0.3 is 5.97 Å². The van der Waals surface area contributed by atoms with Crippen molar-refractivity contribution < 1.29 is 14.3 Å². The molecule has 0 saturated carbocycles. The number of methoxy groups -OCH3 is 1. The summed E-state index contributed by atoms with van der Waals surface area (Å²) in [6, 6.07) is 11.8. The Balaban J connectivity index is 1.55. The minimum atomic E-state index is -1.27. The summed E-state index contributed by atoms with van der Waals surface area (Å²) in [6.45, 7) is 2.25. The average molecular weight is 439 g/mol. The smallest absolute Gasteiger partial charge is 0.344 e. The van der Waals surface area contributed by atoms with E-state index in [1.807, 2.05) is 30.3 Å². The van der Waals surface area contributed by atoms with Gasteiger partial charge in [-0.2, -0.15) is 0 Å². The molecule has 0 amide bonds. The number of rotatable bonds is 7. The van der Waals surface area contributed by atoms with Crippen LogP contribution >= 0.6 is 12.2 Å². The molecule has 31 heavy (non-hydrogen) atoms. The lowest BCUT2D eigenvalue weighted by atomic mass is 9.93. The average Bonchev–Trinajstić information content (AvgIpc) is 3.45. The fraction of sp³-hybridized carbons (Fsp3) is 0.440. The quantitative estimate of drug-likeness (QED) is 0.502. The molecule has 2 aliphatic carbocycles. The third kappa shape index (κ3) is 4.19. The van der Waals surface area contributed by atoms with Crippen molar-refractivity contribution in [2.45, 2.75) is 51.0 Å². The van der Waals surface area contributed by atoms with Gasteiger partial charge in [0.15, 0.2) is 5.11 Å². The molecule has 2 N–H and O–H groups in total. The zero-order chi connectivity index (χ0) is 21.8. The predicted molar refractivity (Wildman–Crippen MR) is 126 cm³/mol. The fourth-order valence-corrected chi connectivity index (χ4v) is 5.02. The van der Waals surface area contributed by atoms with Crippen LogP contribution in [0, 0.1) is 0 Å². The van der Waals surface area contributed by atoms with Crippen molar-refractivity contribution in [2.75, 3.05) is 25.6 Å². The zero-order valence-electron chi connectivity index (χ0n) is 18.3. The molecule has 0 aromatic heterocycles. The van der Waals surface area contributed by atoms with Crippen LogP contribution in [-0.4, -0.2) is 31.3 Å². The molecular formula is C25H30N2O3S. The molecule has 1 unspecified atom stereocenters. The maximum Gasteiger partial charge on any atom is 0.344 e. The number of carbonyl (C=O) groups excluding carboxylic acids is 1. The summed E-state index contributed by atoms with van der Waals surface area (Å²) in [7, 11) is 1.53. The Kier molecular flexibility index (Phi) is 6.58. The van der Waals surface area contributed by atoms with Crippen LogP contribution in [0.5, 0.6) is 0 Å². The normalized spacial score (nSPS) is 16.2. The SMILES string of the molecule is CCOC(=O)C(CNC(=S)Nc1c2c(cc3c1CCC3)CCC2)(OC)c1ccccc1. The molecule has 0 radical (unpaired) electrons. The Morgan fingerprint density at radius 1 is 1.06 bits per heavy atom. The van der Waals surface area contributed by atoms with Gasteiger partial charge in [0.1, 0.15) is 0 Å². The van der Waals surface area contributed by atoms with Gasteiger partial charge < -0.3 is 20.1 Å². The third-order valence-corrected chi connectivity index (χ3v) is 6.65. The van der Waals surface area contributed by atoms with E-state index in [9.17, 15) is 4.79 Å². The summed E-state index contributed by atoms with van der Waals surface area (Å²) in [4.78, 5) is 12.9. The van der Waals surface area contributed by atoms with Gasteiger partial charge in [0, 0.05) is 12.8 Å². The van der Waals surface area contributed by atoms with Crippen molar-refractivity contribution in [1.29, 1.82) is 0 Å². The number of hydrogen-bond donors (Lipinski definition) is 2. The molecule has 4 rings (SSSR count). The van der Waals surface area contributed by atoms with Crippen LogP contribution < -0.4 is 10.6 Å². The van der Waals surface area contributed by atoms with Crippen LogP contribution in [0.1, 0.15) is 47.6 Å². The van der Waals surface area contributed by atoms with E-state index in [0.717, 1.165) is 31.2 Å². The van der Waals surface area contributed by atoms with E-state index in [1.54, 1.807) is 6.92 Å². The molecule has 2 aliphatic rings. The van der Waals surface area contributed by atoms with Gasteiger partial charge in [-0.3, -0.25) is 0 Å². The highest BCUT2D eigenvalue weighted by Gasteiger charge is 2.42. The van der Waals surface area contributed by atoms with Gasteiger partial charge in [0.2, 0.25) is 5.60 Å².